The van der Waals surface area contributed by atoms with Gasteiger partial charge in [0, 0.05) is 43.5 Å². The number of anilines is 2. The van der Waals surface area contributed by atoms with Crippen LogP contribution in [0.4, 0.5) is 11.8 Å². The molecule has 1 saturated carbocycles. The molecule has 1 aliphatic heterocycles. The Bertz CT molecular complexity index is 1730. The molecule has 0 aromatic carbocycles. The highest BCUT2D eigenvalue weighted by atomic mass is 32.1. The molecule has 0 bridgehead atoms. The molecule has 5 heterocycles. The van der Waals surface area contributed by atoms with Crippen LogP contribution >= 0.6 is 11.3 Å². The summed E-state index contributed by atoms with van der Waals surface area (Å²) in [6, 6.07) is -0.796. The number of nitrogens with one attached hydrogen (secondary N) is 1. The van der Waals surface area contributed by atoms with Crippen LogP contribution in [0.2, 0.25) is 0 Å². The van der Waals surface area contributed by atoms with Gasteiger partial charge in [0.05, 0.1) is 12.9 Å². The highest BCUT2D eigenvalue weighted by molar-refractivity contribution is 7.13. The lowest BCUT2D eigenvalue weighted by Gasteiger charge is -2.17. The van der Waals surface area contributed by atoms with Gasteiger partial charge in [-0.15, -0.1) is 17.3 Å². The van der Waals surface area contributed by atoms with Crippen molar-refractivity contribution in [3.63, 3.8) is 0 Å². The predicted octanol–water partition coefficient (Wildman–Crippen LogP) is 1.49. The Labute approximate surface area is 221 Å². The largest absolute Gasteiger partial charge is 0.340 e. The lowest BCUT2D eigenvalue weighted by molar-refractivity contribution is -0.118. The van der Waals surface area contributed by atoms with E-state index in [-0.39, 0.29) is 23.6 Å². The van der Waals surface area contributed by atoms with E-state index in [1.54, 1.807) is 31.6 Å². The number of aromatic nitrogens is 7. The number of nitrogens with zero attached hydrogens (tertiary/aromatic N) is 8. The minimum atomic E-state index is -0.796. The van der Waals surface area contributed by atoms with E-state index in [4.69, 9.17) is 0 Å². The number of piperidine rings is 1. The number of thiazole rings is 1. The van der Waals surface area contributed by atoms with Crippen molar-refractivity contribution < 1.29 is 4.79 Å². The summed E-state index contributed by atoms with van der Waals surface area (Å²) >= 11 is 1.37. The van der Waals surface area contributed by atoms with Crippen LogP contribution in [-0.4, -0.2) is 52.6 Å². The Hall–Kier alpha value is -4.31. The minimum absolute atomic E-state index is 0.0466. The van der Waals surface area contributed by atoms with Crippen molar-refractivity contribution in [1.82, 2.24) is 33.6 Å². The normalized spacial score (nSPS) is 18.7. The molecule has 3 atom stereocenters. The molecule has 0 radical (unpaired) electrons. The first-order valence-corrected chi connectivity index (χ1v) is 13.1. The van der Waals surface area contributed by atoms with Crippen molar-refractivity contribution in [2.24, 2.45) is 18.9 Å². The molecular weight excluding hydrogens is 506 g/mol. The highest BCUT2D eigenvalue weighted by Crippen LogP contribution is 2.45. The zero-order valence-electron chi connectivity index (χ0n) is 21.1. The quantitative estimate of drug-likeness (QED) is 0.370. The molecule has 12 nitrogen and oxygen atoms in total. The third-order valence-corrected chi connectivity index (χ3v) is 8.06. The van der Waals surface area contributed by atoms with Crippen LogP contribution in [0.15, 0.2) is 33.7 Å². The van der Waals surface area contributed by atoms with E-state index in [1.807, 2.05) is 0 Å². The standard InChI is InChI=1S/C25H25N9O3S/c1-4-5-6-33-23(36)19-20(31(3)25(33)37)28-13-34(19)14(2)21(35)29-18-12-38-22(30-18)17-8-26-24(27-9-17)32-10-15-7-16(15)11-32/h8-9,12-16H,6-7,10-11H2,1-3H3,(H,29,35). The third-order valence-electron chi connectivity index (χ3n) is 7.17. The molecule has 194 valence electrons. The number of carbonyl (C=O) groups is 1. The summed E-state index contributed by atoms with van der Waals surface area (Å²) in [7, 11) is 1.53. The second kappa shape index (κ2) is 9.21. The smallest absolute Gasteiger partial charge is 0.333 e. The van der Waals surface area contributed by atoms with Crippen molar-refractivity contribution in [2.45, 2.75) is 32.9 Å². The van der Waals surface area contributed by atoms with Gasteiger partial charge in [-0.2, -0.15) is 0 Å². The van der Waals surface area contributed by atoms with E-state index < -0.39 is 17.3 Å². The second-order valence-corrected chi connectivity index (χ2v) is 10.5. The predicted molar refractivity (Wildman–Crippen MR) is 143 cm³/mol. The Kier molecular flexibility index (Phi) is 5.83. The zero-order chi connectivity index (χ0) is 26.6. The topological polar surface area (TPSA) is 133 Å². The maximum absolute atomic E-state index is 13.1. The summed E-state index contributed by atoms with van der Waals surface area (Å²) in [5.74, 6) is 7.78. The van der Waals surface area contributed by atoms with Crippen LogP contribution in [-0.2, 0) is 18.4 Å². The first kappa shape index (κ1) is 24.1. The van der Waals surface area contributed by atoms with Gasteiger partial charge in [0.1, 0.15) is 16.9 Å². The number of amides is 1. The molecule has 4 aromatic heterocycles. The summed E-state index contributed by atoms with van der Waals surface area (Å²) in [4.78, 5) is 58.8. The SMILES string of the molecule is CC#CCn1c(=O)c2c(ncn2C(C)C(=O)Nc2csc(-c3cnc(N4CC5CC5C4)nc3)n2)n(C)c1=O. The van der Waals surface area contributed by atoms with E-state index in [2.05, 4.69) is 42.0 Å². The number of fused-ring (bicyclic) bond motifs is 2. The van der Waals surface area contributed by atoms with Crippen LogP contribution < -0.4 is 21.5 Å². The van der Waals surface area contributed by atoms with E-state index in [1.165, 1.54) is 40.3 Å². The molecule has 6 rings (SSSR count). The molecule has 1 amide bonds. The van der Waals surface area contributed by atoms with Crippen LogP contribution in [0.1, 0.15) is 26.3 Å². The van der Waals surface area contributed by atoms with E-state index in [0.717, 1.165) is 41.0 Å². The first-order valence-electron chi connectivity index (χ1n) is 12.3. The molecule has 38 heavy (non-hydrogen) atoms. The Morgan fingerprint density at radius 2 is 1.95 bits per heavy atom. The second-order valence-electron chi connectivity index (χ2n) is 9.62. The molecule has 0 spiro atoms. The number of hydrogen-bond donors (Lipinski definition) is 1. The lowest BCUT2D eigenvalue weighted by Crippen LogP contribution is -2.40. The molecular formula is C25H25N9O3S. The fraction of sp³-hybridized carbons (Fsp3) is 0.400. The van der Waals surface area contributed by atoms with Gasteiger partial charge in [0.15, 0.2) is 11.2 Å². The van der Waals surface area contributed by atoms with Gasteiger partial charge in [-0.25, -0.2) is 29.3 Å². The maximum Gasteiger partial charge on any atom is 0.333 e. The number of hydrogen-bond acceptors (Lipinski definition) is 9. The van der Waals surface area contributed by atoms with Crippen molar-refractivity contribution in [3.05, 3.63) is 44.9 Å². The minimum Gasteiger partial charge on any atom is -0.340 e. The summed E-state index contributed by atoms with van der Waals surface area (Å²) in [5.41, 5.74) is 0.0591. The van der Waals surface area contributed by atoms with Gasteiger partial charge >= 0.3 is 5.69 Å². The molecule has 13 heteroatoms. The average molecular weight is 532 g/mol. The monoisotopic (exact) mass is 531 g/mol. The molecule has 3 unspecified atom stereocenters. The van der Waals surface area contributed by atoms with Crippen LogP contribution in [0, 0.1) is 23.7 Å². The van der Waals surface area contributed by atoms with Crippen molar-refractivity contribution in [1.29, 1.82) is 0 Å². The highest BCUT2D eigenvalue weighted by Gasteiger charge is 2.45. The van der Waals surface area contributed by atoms with Gasteiger partial charge in [0.25, 0.3) is 5.56 Å². The van der Waals surface area contributed by atoms with E-state index in [0.29, 0.717) is 10.8 Å². The summed E-state index contributed by atoms with van der Waals surface area (Å²) in [6.45, 7) is 5.29. The number of aryl methyl sites for hydroxylation is 1. The van der Waals surface area contributed by atoms with Gasteiger partial charge in [-0.3, -0.25) is 14.2 Å². The third kappa shape index (κ3) is 4.06. The van der Waals surface area contributed by atoms with Gasteiger partial charge in [-0.05, 0) is 32.1 Å². The summed E-state index contributed by atoms with van der Waals surface area (Å²) < 4.78 is 3.78. The molecule has 4 aromatic rings. The van der Waals surface area contributed by atoms with Gasteiger partial charge in [-0.1, -0.05) is 5.92 Å². The molecule has 2 fully saturated rings. The Morgan fingerprint density at radius 3 is 2.66 bits per heavy atom. The van der Waals surface area contributed by atoms with Crippen LogP contribution in [0.3, 0.4) is 0 Å². The first-order chi connectivity index (χ1) is 18.4. The van der Waals surface area contributed by atoms with E-state index >= 15 is 0 Å². The fourth-order valence-corrected chi connectivity index (χ4v) is 5.58. The number of imidazole rings is 1. The van der Waals surface area contributed by atoms with Crippen molar-refractivity contribution in [3.8, 4) is 22.4 Å². The fourth-order valence-electron chi connectivity index (χ4n) is 4.86. The Morgan fingerprint density at radius 1 is 1.21 bits per heavy atom. The number of rotatable bonds is 6. The molecule has 1 N–H and O–H groups in total. The maximum atomic E-state index is 13.1. The summed E-state index contributed by atoms with van der Waals surface area (Å²) in [5, 5.41) is 5.24. The summed E-state index contributed by atoms with van der Waals surface area (Å²) in [6.07, 6.45) is 6.23. The lowest BCUT2D eigenvalue weighted by atomic mass is 10.3. The van der Waals surface area contributed by atoms with Gasteiger partial charge < -0.3 is 14.8 Å². The average Bonchev–Trinajstić information content (AvgIpc) is 3.31. The Balaban J connectivity index is 1.20. The van der Waals surface area contributed by atoms with Crippen LogP contribution in [0.5, 0.6) is 0 Å². The van der Waals surface area contributed by atoms with Gasteiger partial charge in [0.2, 0.25) is 11.9 Å². The molecule has 1 saturated heterocycles. The van der Waals surface area contributed by atoms with Crippen molar-refractivity contribution in [2.75, 3.05) is 23.3 Å². The number of carbonyl (C=O) groups excluding carboxylic acids is 1. The zero-order valence-corrected chi connectivity index (χ0v) is 21.9. The van der Waals surface area contributed by atoms with E-state index in [9.17, 15) is 14.4 Å². The van der Waals surface area contributed by atoms with Crippen molar-refractivity contribution >= 4 is 40.2 Å². The van der Waals surface area contributed by atoms with Crippen LogP contribution in [0.25, 0.3) is 21.7 Å². The molecule has 2 aliphatic rings. The molecule has 1 aliphatic carbocycles.